The fraction of sp³-hybridized carbons (Fsp3) is 0.643. The lowest BCUT2D eigenvalue weighted by atomic mass is 9.87. The number of anilines is 2. The Morgan fingerprint density at radius 3 is 2.63 bits per heavy atom. The molecule has 19 heavy (non-hydrogen) atoms. The molecule has 1 heterocycles. The molecule has 1 aromatic rings. The monoisotopic (exact) mass is 259 g/mol. The Labute approximate surface area is 114 Å². The van der Waals surface area contributed by atoms with Gasteiger partial charge in [-0.05, 0) is 12.3 Å². The van der Waals surface area contributed by atoms with Crippen molar-refractivity contribution in [3.63, 3.8) is 0 Å². The maximum atomic E-state index is 8.51. The van der Waals surface area contributed by atoms with Gasteiger partial charge in [-0.3, -0.25) is 0 Å². The van der Waals surface area contributed by atoms with Crippen LogP contribution in [0, 0.1) is 17.2 Å². The second-order valence-electron chi connectivity index (χ2n) is 5.02. The van der Waals surface area contributed by atoms with Crippen molar-refractivity contribution in [3.8, 4) is 6.07 Å². The Morgan fingerprint density at radius 1 is 1.16 bits per heavy atom. The first-order valence-electron chi connectivity index (χ1n) is 7.05. The first-order valence-corrected chi connectivity index (χ1v) is 7.05. The summed E-state index contributed by atoms with van der Waals surface area (Å²) in [6.07, 6.45) is 9.67. The first-order chi connectivity index (χ1) is 9.38. The third kappa shape index (κ3) is 4.74. The van der Waals surface area contributed by atoms with E-state index >= 15 is 0 Å². The van der Waals surface area contributed by atoms with Crippen LogP contribution in [0.5, 0.6) is 0 Å². The molecule has 102 valence electrons. The standard InChI is InChI=1S/C14H21N5/c15-7-9-17-14-10-13(18-11-19-14)16-8-6-12-4-2-1-3-5-12/h10-12H,1-6,8-9H2,(H2,16,17,18,19). The van der Waals surface area contributed by atoms with Gasteiger partial charge in [0.15, 0.2) is 0 Å². The fourth-order valence-corrected chi connectivity index (χ4v) is 2.56. The van der Waals surface area contributed by atoms with E-state index in [2.05, 4.69) is 20.6 Å². The molecule has 0 spiro atoms. The molecule has 0 aliphatic heterocycles. The first kappa shape index (κ1) is 13.6. The van der Waals surface area contributed by atoms with E-state index in [-0.39, 0.29) is 6.54 Å². The molecule has 1 aliphatic carbocycles. The molecule has 1 saturated carbocycles. The summed E-state index contributed by atoms with van der Waals surface area (Å²) in [5.41, 5.74) is 0. The highest BCUT2D eigenvalue weighted by Gasteiger charge is 2.12. The van der Waals surface area contributed by atoms with E-state index in [0.717, 1.165) is 18.3 Å². The van der Waals surface area contributed by atoms with Crippen molar-refractivity contribution in [2.75, 3.05) is 23.7 Å². The van der Waals surface area contributed by atoms with E-state index in [1.54, 1.807) is 0 Å². The van der Waals surface area contributed by atoms with Gasteiger partial charge in [-0.2, -0.15) is 5.26 Å². The average Bonchev–Trinajstić information content (AvgIpc) is 2.47. The van der Waals surface area contributed by atoms with Crippen LogP contribution in [0.2, 0.25) is 0 Å². The van der Waals surface area contributed by atoms with Crippen LogP contribution in [0.4, 0.5) is 11.6 Å². The molecule has 0 aromatic carbocycles. The maximum absolute atomic E-state index is 8.51. The van der Waals surface area contributed by atoms with Crippen LogP contribution in [0.15, 0.2) is 12.4 Å². The number of nitriles is 1. The van der Waals surface area contributed by atoms with Crippen molar-refractivity contribution in [2.24, 2.45) is 5.92 Å². The minimum absolute atomic E-state index is 0.262. The zero-order valence-corrected chi connectivity index (χ0v) is 11.2. The van der Waals surface area contributed by atoms with E-state index < -0.39 is 0 Å². The number of rotatable bonds is 6. The second-order valence-corrected chi connectivity index (χ2v) is 5.02. The van der Waals surface area contributed by atoms with Crippen molar-refractivity contribution in [3.05, 3.63) is 12.4 Å². The molecule has 0 bridgehead atoms. The van der Waals surface area contributed by atoms with Crippen LogP contribution in [0.3, 0.4) is 0 Å². The SMILES string of the molecule is N#CCNc1cc(NCCC2CCCCC2)ncn1. The van der Waals surface area contributed by atoms with Gasteiger partial charge in [0.2, 0.25) is 0 Å². The van der Waals surface area contributed by atoms with E-state index in [0.29, 0.717) is 5.82 Å². The molecule has 5 nitrogen and oxygen atoms in total. The summed E-state index contributed by atoms with van der Waals surface area (Å²) in [4.78, 5) is 8.25. The molecule has 2 N–H and O–H groups in total. The molecule has 1 aliphatic rings. The predicted molar refractivity (Wildman–Crippen MR) is 75.8 cm³/mol. The number of aromatic nitrogens is 2. The summed E-state index contributed by atoms with van der Waals surface area (Å²) < 4.78 is 0. The van der Waals surface area contributed by atoms with Crippen LogP contribution < -0.4 is 10.6 Å². The highest BCUT2D eigenvalue weighted by molar-refractivity contribution is 5.46. The van der Waals surface area contributed by atoms with Gasteiger partial charge in [0.25, 0.3) is 0 Å². The van der Waals surface area contributed by atoms with Crippen LogP contribution in [-0.4, -0.2) is 23.1 Å². The molecule has 5 heteroatoms. The van der Waals surface area contributed by atoms with Crippen LogP contribution in [0.1, 0.15) is 38.5 Å². The number of hydrogen-bond donors (Lipinski definition) is 2. The Morgan fingerprint density at radius 2 is 1.89 bits per heavy atom. The van der Waals surface area contributed by atoms with Crippen molar-refractivity contribution >= 4 is 11.6 Å². The van der Waals surface area contributed by atoms with Crippen molar-refractivity contribution in [1.82, 2.24) is 9.97 Å². The van der Waals surface area contributed by atoms with Crippen LogP contribution in [-0.2, 0) is 0 Å². The Balaban J connectivity index is 1.74. The molecule has 2 rings (SSSR count). The average molecular weight is 259 g/mol. The quantitative estimate of drug-likeness (QED) is 0.768. The summed E-state index contributed by atoms with van der Waals surface area (Å²) in [6.45, 7) is 1.22. The summed E-state index contributed by atoms with van der Waals surface area (Å²) in [6, 6.07) is 3.88. The summed E-state index contributed by atoms with van der Waals surface area (Å²) in [7, 11) is 0. The van der Waals surface area contributed by atoms with E-state index in [1.165, 1.54) is 44.9 Å². The fourth-order valence-electron chi connectivity index (χ4n) is 2.56. The highest BCUT2D eigenvalue weighted by atomic mass is 15.1. The third-order valence-electron chi connectivity index (χ3n) is 3.60. The molecule has 0 unspecified atom stereocenters. The van der Waals surface area contributed by atoms with Gasteiger partial charge in [0.05, 0.1) is 6.07 Å². The van der Waals surface area contributed by atoms with Crippen molar-refractivity contribution in [1.29, 1.82) is 5.26 Å². The Kier molecular flexibility index (Phi) is 5.42. The molecule has 1 fully saturated rings. The zero-order chi connectivity index (χ0) is 13.3. The molecule has 0 radical (unpaired) electrons. The van der Waals surface area contributed by atoms with Crippen LogP contribution in [0.25, 0.3) is 0 Å². The van der Waals surface area contributed by atoms with E-state index in [9.17, 15) is 0 Å². The van der Waals surface area contributed by atoms with Gasteiger partial charge in [-0.1, -0.05) is 32.1 Å². The van der Waals surface area contributed by atoms with Gasteiger partial charge in [0.1, 0.15) is 24.5 Å². The largest absolute Gasteiger partial charge is 0.370 e. The normalized spacial score (nSPS) is 15.7. The van der Waals surface area contributed by atoms with Crippen molar-refractivity contribution in [2.45, 2.75) is 38.5 Å². The van der Waals surface area contributed by atoms with E-state index in [4.69, 9.17) is 5.26 Å². The smallest absolute Gasteiger partial charge is 0.132 e. The number of nitrogens with zero attached hydrogens (tertiary/aromatic N) is 3. The molecule has 0 amide bonds. The number of hydrogen-bond acceptors (Lipinski definition) is 5. The molecule has 0 atom stereocenters. The van der Waals surface area contributed by atoms with Gasteiger partial charge in [-0.25, -0.2) is 9.97 Å². The van der Waals surface area contributed by atoms with E-state index in [1.807, 2.05) is 12.1 Å². The van der Waals surface area contributed by atoms with Gasteiger partial charge in [0, 0.05) is 12.6 Å². The number of nitrogens with one attached hydrogen (secondary N) is 2. The minimum atomic E-state index is 0.262. The molecule has 0 saturated heterocycles. The zero-order valence-electron chi connectivity index (χ0n) is 11.2. The van der Waals surface area contributed by atoms with Crippen molar-refractivity contribution < 1.29 is 0 Å². The molecular weight excluding hydrogens is 238 g/mol. The maximum Gasteiger partial charge on any atom is 0.132 e. The third-order valence-corrected chi connectivity index (χ3v) is 3.60. The lowest BCUT2D eigenvalue weighted by molar-refractivity contribution is 0.345. The van der Waals surface area contributed by atoms with Gasteiger partial charge >= 0.3 is 0 Å². The minimum Gasteiger partial charge on any atom is -0.370 e. The van der Waals surface area contributed by atoms with Crippen LogP contribution >= 0.6 is 0 Å². The summed E-state index contributed by atoms with van der Waals surface area (Å²) in [5.74, 6) is 2.39. The summed E-state index contributed by atoms with van der Waals surface area (Å²) >= 11 is 0. The molecular formula is C14H21N5. The predicted octanol–water partition coefficient (Wildman–Crippen LogP) is 2.79. The lowest BCUT2D eigenvalue weighted by Crippen LogP contribution is -2.13. The molecule has 1 aromatic heterocycles. The topological polar surface area (TPSA) is 73.6 Å². The van der Waals surface area contributed by atoms with Gasteiger partial charge in [-0.15, -0.1) is 0 Å². The Hall–Kier alpha value is -1.83. The Bertz CT molecular complexity index is 420. The van der Waals surface area contributed by atoms with Gasteiger partial charge < -0.3 is 10.6 Å². The second kappa shape index (κ2) is 7.57. The highest BCUT2D eigenvalue weighted by Crippen LogP contribution is 2.26. The summed E-state index contributed by atoms with van der Waals surface area (Å²) in [5, 5.41) is 14.8. The lowest BCUT2D eigenvalue weighted by Gasteiger charge is -2.21.